The average molecular weight is 215 g/mol. The van der Waals surface area contributed by atoms with Gasteiger partial charge in [0.15, 0.2) is 0 Å². The minimum absolute atomic E-state index is 0.327. The van der Waals surface area contributed by atoms with Gasteiger partial charge < -0.3 is 4.57 Å². The second kappa shape index (κ2) is 4.35. The highest BCUT2D eigenvalue weighted by Gasteiger charge is 2.20. The number of imidazole rings is 1. The van der Waals surface area contributed by atoms with Crippen molar-refractivity contribution in [3.63, 3.8) is 0 Å². The van der Waals surface area contributed by atoms with Crippen molar-refractivity contribution in [2.45, 2.75) is 40.1 Å². The SMILES string of the molecule is CC(Cn1cncc1CCl)C(C)(C)C. The molecule has 0 saturated carbocycles. The summed E-state index contributed by atoms with van der Waals surface area (Å²) < 4.78 is 2.14. The van der Waals surface area contributed by atoms with Gasteiger partial charge in [0.2, 0.25) is 0 Å². The molecular weight excluding hydrogens is 196 g/mol. The Balaban J connectivity index is 2.69. The zero-order valence-electron chi connectivity index (χ0n) is 9.42. The Morgan fingerprint density at radius 2 is 2.14 bits per heavy atom. The normalized spacial score (nSPS) is 14.4. The van der Waals surface area contributed by atoms with Crippen LogP contribution in [-0.2, 0) is 12.4 Å². The van der Waals surface area contributed by atoms with Gasteiger partial charge in [0.1, 0.15) is 0 Å². The molecule has 0 fully saturated rings. The molecule has 0 bridgehead atoms. The smallest absolute Gasteiger partial charge is 0.0948 e. The first-order chi connectivity index (χ1) is 6.45. The summed E-state index contributed by atoms with van der Waals surface area (Å²) in [5, 5.41) is 0. The largest absolute Gasteiger partial charge is 0.333 e. The van der Waals surface area contributed by atoms with E-state index >= 15 is 0 Å². The van der Waals surface area contributed by atoms with E-state index in [1.54, 1.807) is 0 Å². The second-order valence-corrected chi connectivity index (χ2v) is 5.21. The molecule has 80 valence electrons. The van der Waals surface area contributed by atoms with Gasteiger partial charge in [-0.05, 0) is 11.3 Å². The third kappa shape index (κ3) is 2.74. The van der Waals surface area contributed by atoms with Crippen LogP contribution in [0, 0.1) is 11.3 Å². The lowest BCUT2D eigenvalue weighted by Gasteiger charge is -2.27. The minimum Gasteiger partial charge on any atom is -0.333 e. The number of alkyl halides is 1. The van der Waals surface area contributed by atoms with Crippen molar-refractivity contribution >= 4 is 11.6 Å². The molecule has 2 nitrogen and oxygen atoms in total. The molecule has 0 aliphatic heterocycles. The van der Waals surface area contributed by atoms with Crippen LogP contribution in [0.4, 0.5) is 0 Å². The van der Waals surface area contributed by atoms with E-state index in [1.807, 2.05) is 12.5 Å². The molecule has 0 aliphatic carbocycles. The summed E-state index contributed by atoms with van der Waals surface area (Å²) in [4.78, 5) is 4.11. The van der Waals surface area contributed by atoms with Gasteiger partial charge in [0.25, 0.3) is 0 Å². The standard InChI is InChI=1S/C11H19ClN2/c1-9(11(2,3)4)7-14-8-13-6-10(14)5-12/h6,8-9H,5,7H2,1-4H3. The van der Waals surface area contributed by atoms with Crippen LogP contribution in [0.15, 0.2) is 12.5 Å². The lowest BCUT2D eigenvalue weighted by molar-refractivity contribution is 0.231. The molecule has 0 aromatic carbocycles. The van der Waals surface area contributed by atoms with Crippen LogP contribution in [0.2, 0.25) is 0 Å². The minimum atomic E-state index is 0.327. The van der Waals surface area contributed by atoms with Crippen molar-refractivity contribution in [1.29, 1.82) is 0 Å². The van der Waals surface area contributed by atoms with Gasteiger partial charge in [0.05, 0.1) is 17.9 Å². The highest BCUT2D eigenvalue weighted by atomic mass is 35.5. The molecule has 0 radical (unpaired) electrons. The van der Waals surface area contributed by atoms with Crippen LogP contribution >= 0.6 is 11.6 Å². The number of halogens is 1. The molecule has 0 spiro atoms. The Kier molecular flexibility index (Phi) is 3.59. The van der Waals surface area contributed by atoms with E-state index in [-0.39, 0.29) is 0 Å². The highest BCUT2D eigenvalue weighted by molar-refractivity contribution is 6.16. The first kappa shape index (κ1) is 11.6. The Bertz CT molecular complexity index is 286. The van der Waals surface area contributed by atoms with Crippen LogP contribution in [-0.4, -0.2) is 9.55 Å². The summed E-state index contributed by atoms with van der Waals surface area (Å²) in [6, 6.07) is 0. The third-order valence-electron chi connectivity index (χ3n) is 2.88. The van der Waals surface area contributed by atoms with Gasteiger partial charge in [-0.25, -0.2) is 4.98 Å². The predicted octanol–water partition coefficient (Wildman–Crippen LogP) is 3.30. The van der Waals surface area contributed by atoms with E-state index in [1.165, 1.54) is 0 Å². The molecule has 1 aromatic rings. The van der Waals surface area contributed by atoms with Crippen molar-refractivity contribution in [3.8, 4) is 0 Å². The Hall–Kier alpha value is -0.500. The molecule has 3 heteroatoms. The molecule has 0 aliphatic rings. The predicted molar refractivity (Wildman–Crippen MR) is 60.4 cm³/mol. The summed E-state index contributed by atoms with van der Waals surface area (Å²) in [5.74, 6) is 1.15. The van der Waals surface area contributed by atoms with Crippen molar-refractivity contribution in [3.05, 3.63) is 18.2 Å². The van der Waals surface area contributed by atoms with Crippen molar-refractivity contribution in [2.75, 3.05) is 0 Å². The van der Waals surface area contributed by atoms with Gasteiger partial charge in [-0.15, -0.1) is 11.6 Å². The van der Waals surface area contributed by atoms with Gasteiger partial charge in [0, 0.05) is 12.7 Å². The van der Waals surface area contributed by atoms with E-state index in [9.17, 15) is 0 Å². The molecule has 1 atom stereocenters. The third-order valence-corrected chi connectivity index (χ3v) is 3.16. The maximum absolute atomic E-state index is 5.81. The fourth-order valence-electron chi connectivity index (χ4n) is 1.19. The lowest BCUT2D eigenvalue weighted by atomic mass is 9.82. The topological polar surface area (TPSA) is 17.8 Å². The van der Waals surface area contributed by atoms with Crippen LogP contribution < -0.4 is 0 Å². The van der Waals surface area contributed by atoms with Crippen LogP contribution in [0.25, 0.3) is 0 Å². The quantitative estimate of drug-likeness (QED) is 0.706. The molecular formula is C11H19ClN2. The number of hydrogen-bond donors (Lipinski definition) is 0. The highest BCUT2D eigenvalue weighted by Crippen LogP contribution is 2.27. The van der Waals surface area contributed by atoms with Crippen LogP contribution in [0.1, 0.15) is 33.4 Å². The van der Waals surface area contributed by atoms with Crippen molar-refractivity contribution in [1.82, 2.24) is 9.55 Å². The lowest BCUT2D eigenvalue weighted by Crippen LogP contribution is -2.22. The van der Waals surface area contributed by atoms with Gasteiger partial charge in [-0.1, -0.05) is 27.7 Å². The molecule has 1 heterocycles. The Labute approximate surface area is 91.3 Å². The monoisotopic (exact) mass is 214 g/mol. The number of hydrogen-bond acceptors (Lipinski definition) is 1. The van der Waals surface area contributed by atoms with Gasteiger partial charge >= 0.3 is 0 Å². The zero-order valence-corrected chi connectivity index (χ0v) is 10.2. The molecule has 0 saturated heterocycles. The number of nitrogens with zero attached hydrogens (tertiary/aromatic N) is 2. The molecule has 0 N–H and O–H groups in total. The number of rotatable bonds is 3. The summed E-state index contributed by atoms with van der Waals surface area (Å²) in [6.07, 6.45) is 3.70. The number of aromatic nitrogens is 2. The Morgan fingerprint density at radius 3 is 2.64 bits per heavy atom. The zero-order chi connectivity index (χ0) is 10.8. The van der Waals surface area contributed by atoms with Gasteiger partial charge in [-0.2, -0.15) is 0 Å². The average Bonchev–Trinajstić information content (AvgIpc) is 2.50. The molecule has 1 unspecified atom stereocenters. The fraction of sp³-hybridized carbons (Fsp3) is 0.727. The fourth-order valence-corrected chi connectivity index (χ4v) is 1.42. The maximum atomic E-state index is 5.81. The van der Waals surface area contributed by atoms with Crippen molar-refractivity contribution in [2.24, 2.45) is 11.3 Å². The van der Waals surface area contributed by atoms with Crippen LogP contribution in [0.5, 0.6) is 0 Å². The molecule has 1 rings (SSSR count). The summed E-state index contributed by atoms with van der Waals surface area (Å²) in [5.41, 5.74) is 1.43. The molecule has 14 heavy (non-hydrogen) atoms. The van der Waals surface area contributed by atoms with E-state index in [0.717, 1.165) is 12.2 Å². The van der Waals surface area contributed by atoms with Crippen molar-refractivity contribution < 1.29 is 0 Å². The first-order valence-electron chi connectivity index (χ1n) is 5.00. The van der Waals surface area contributed by atoms with E-state index in [4.69, 9.17) is 11.6 Å². The van der Waals surface area contributed by atoms with E-state index in [2.05, 4.69) is 37.2 Å². The second-order valence-electron chi connectivity index (χ2n) is 4.94. The summed E-state index contributed by atoms with van der Waals surface area (Å²) in [6.45, 7) is 10.0. The van der Waals surface area contributed by atoms with Gasteiger partial charge in [-0.3, -0.25) is 0 Å². The Morgan fingerprint density at radius 1 is 1.50 bits per heavy atom. The molecule has 1 aromatic heterocycles. The van der Waals surface area contributed by atoms with E-state index in [0.29, 0.717) is 17.2 Å². The summed E-state index contributed by atoms with van der Waals surface area (Å²) >= 11 is 5.81. The maximum Gasteiger partial charge on any atom is 0.0948 e. The molecule has 0 amide bonds. The first-order valence-corrected chi connectivity index (χ1v) is 5.53. The van der Waals surface area contributed by atoms with Crippen LogP contribution in [0.3, 0.4) is 0 Å². The van der Waals surface area contributed by atoms with E-state index < -0.39 is 0 Å². The summed E-state index contributed by atoms with van der Waals surface area (Å²) in [7, 11) is 0.